The van der Waals surface area contributed by atoms with Gasteiger partial charge in [0, 0.05) is 24.5 Å². The summed E-state index contributed by atoms with van der Waals surface area (Å²) in [7, 11) is 0. The highest BCUT2D eigenvalue weighted by Crippen LogP contribution is 2.19. The summed E-state index contributed by atoms with van der Waals surface area (Å²) in [5, 5.41) is 8.72. The Balaban J connectivity index is 2.10. The van der Waals surface area contributed by atoms with Gasteiger partial charge >= 0.3 is 0 Å². The van der Waals surface area contributed by atoms with E-state index in [4.69, 9.17) is 5.26 Å². The van der Waals surface area contributed by atoms with Crippen molar-refractivity contribution < 1.29 is 0 Å². The highest BCUT2D eigenvalue weighted by Gasteiger charge is 2.09. The van der Waals surface area contributed by atoms with Gasteiger partial charge in [0.2, 0.25) is 0 Å². The summed E-state index contributed by atoms with van der Waals surface area (Å²) in [5.74, 6) is 2.48. The van der Waals surface area contributed by atoms with E-state index in [1.807, 2.05) is 23.9 Å². The van der Waals surface area contributed by atoms with Crippen molar-refractivity contribution >= 4 is 17.4 Å². The lowest BCUT2D eigenvalue weighted by atomic mass is 10.2. The first-order valence-electron chi connectivity index (χ1n) is 5.23. The minimum Gasteiger partial charge on any atom is -0.371 e. The summed E-state index contributed by atoms with van der Waals surface area (Å²) in [4.78, 5) is 2.40. The van der Waals surface area contributed by atoms with Gasteiger partial charge < -0.3 is 4.90 Å². The van der Waals surface area contributed by atoms with Crippen LogP contribution < -0.4 is 4.90 Å². The second kappa shape index (κ2) is 5.09. The van der Waals surface area contributed by atoms with E-state index in [9.17, 15) is 0 Å². The summed E-state index contributed by atoms with van der Waals surface area (Å²) in [6.45, 7) is 2.26. The molecule has 0 aromatic heterocycles. The van der Waals surface area contributed by atoms with Crippen LogP contribution in [-0.4, -0.2) is 24.6 Å². The molecule has 2 nitrogen and oxygen atoms in total. The molecule has 1 aliphatic rings. The lowest BCUT2D eigenvalue weighted by Crippen LogP contribution is -2.25. The van der Waals surface area contributed by atoms with Gasteiger partial charge in [0.15, 0.2) is 0 Å². The second-order valence-corrected chi connectivity index (χ2v) is 4.84. The summed E-state index contributed by atoms with van der Waals surface area (Å²) in [6.07, 6.45) is 1.25. The van der Waals surface area contributed by atoms with Crippen molar-refractivity contribution in [3.63, 3.8) is 0 Å². The van der Waals surface area contributed by atoms with E-state index in [1.54, 1.807) is 0 Å². The normalized spacial score (nSPS) is 16.9. The molecular weight excluding hydrogens is 204 g/mol. The fourth-order valence-electron chi connectivity index (χ4n) is 1.75. The van der Waals surface area contributed by atoms with Crippen LogP contribution in [0.4, 0.5) is 5.69 Å². The summed E-state index contributed by atoms with van der Waals surface area (Å²) in [5.41, 5.74) is 1.99. The molecule has 0 N–H and O–H groups in total. The Morgan fingerprint density at radius 1 is 1.13 bits per heavy atom. The first-order chi connectivity index (χ1) is 7.40. The molecule has 0 spiro atoms. The molecule has 0 radical (unpaired) electrons. The molecule has 1 aromatic rings. The Hall–Kier alpha value is -1.14. The number of thioether (sulfide) groups is 1. The predicted molar refractivity (Wildman–Crippen MR) is 65.3 cm³/mol. The average molecular weight is 218 g/mol. The van der Waals surface area contributed by atoms with Crippen LogP contribution in [0, 0.1) is 11.3 Å². The Bertz CT molecular complexity index is 345. The van der Waals surface area contributed by atoms with Crippen LogP contribution in [0.3, 0.4) is 0 Å². The van der Waals surface area contributed by atoms with E-state index in [2.05, 4.69) is 23.1 Å². The van der Waals surface area contributed by atoms with Crippen LogP contribution in [0.5, 0.6) is 0 Å². The largest absolute Gasteiger partial charge is 0.371 e. The highest BCUT2D eigenvalue weighted by atomic mass is 32.2. The van der Waals surface area contributed by atoms with Gasteiger partial charge in [-0.25, -0.2) is 0 Å². The lowest BCUT2D eigenvalue weighted by molar-refractivity contribution is 0.816. The van der Waals surface area contributed by atoms with Crippen molar-refractivity contribution in [2.24, 2.45) is 0 Å². The zero-order valence-corrected chi connectivity index (χ0v) is 9.46. The van der Waals surface area contributed by atoms with Crippen molar-refractivity contribution in [3.8, 4) is 6.07 Å². The zero-order valence-electron chi connectivity index (χ0n) is 8.65. The molecule has 3 heteroatoms. The standard InChI is InChI=1S/C12H14N2S/c13-10-11-2-4-12(5-3-11)14-6-1-8-15-9-7-14/h2-5H,1,6-9H2. The third-order valence-corrected chi connectivity index (χ3v) is 3.63. The van der Waals surface area contributed by atoms with Crippen molar-refractivity contribution in [2.75, 3.05) is 29.5 Å². The van der Waals surface area contributed by atoms with Crippen LogP contribution in [0.15, 0.2) is 24.3 Å². The molecule has 0 amide bonds. The second-order valence-electron chi connectivity index (χ2n) is 3.61. The minimum absolute atomic E-state index is 0.739. The van der Waals surface area contributed by atoms with Gasteiger partial charge in [-0.1, -0.05) is 0 Å². The van der Waals surface area contributed by atoms with E-state index >= 15 is 0 Å². The van der Waals surface area contributed by atoms with E-state index in [0.717, 1.165) is 18.7 Å². The minimum atomic E-state index is 0.739. The van der Waals surface area contributed by atoms with Crippen LogP contribution in [0.1, 0.15) is 12.0 Å². The molecular formula is C12H14N2S. The smallest absolute Gasteiger partial charge is 0.0991 e. The SMILES string of the molecule is N#Cc1ccc(N2CCCSCC2)cc1. The molecule has 1 saturated heterocycles. The Morgan fingerprint density at radius 3 is 2.67 bits per heavy atom. The topological polar surface area (TPSA) is 27.0 Å². The van der Waals surface area contributed by atoms with E-state index in [-0.39, 0.29) is 0 Å². The van der Waals surface area contributed by atoms with Gasteiger partial charge in [0.25, 0.3) is 0 Å². The van der Waals surface area contributed by atoms with E-state index < -0.39 is 0 Å². The molecule has 1 aromatic carbocycles. The predicted octanol–water partition coefficient (Wildman–Crippen LogP) is 2.50. The van der Waals surface area contributed by atoms with E-state index in [1.165, 1.54) is 23.6 Å². The highest BCUT2D eigenvalue weighted by molar-refractivity contribution is 7.99. The Kier molecular flexibility index (Phi) is 3.52. The maximum absolute atomic E-state index is 8.72. The lowest BCUT2D eigenvalue weighted by Gasteiger charge is -2.22. The molecule has 1 fully saturated rings. The first kappa shape index (κ1) is 10.4. The third-order valence-electron chi connectivity index (χ3n) is 2.58. The van der Waals surface area contributed by atoms with Gasteiger partial charge in [-0.05, 0) is 36.4 Å². The van der Waals surface area contributed by atoms with Crippen molar-refractivity contribution in [1.29, 1.82) is 5.26 Å². The molecule has 1 aliphatic heterocycles. The number of anilines is 1. The Morgan fingerprint density at radius 2 is 1.93 bits per heavy atom. The number of nitriles is 1. The van der Waals surface area contributed by atoms with Crippen molar-refractivity contribution in [1.82, 2.24) is 0 Å². The first-order valence-corrected chi connectivity index (χ1v) is 6.38. The number of benzene rings is 1. The molecule has 2 rings (SSSR count). The summed E-state index contributed by atoms with van der Waals surface area (Å²) in [6, 6.07) is 10.0. The van der Waals surface area contributed by atoms with Gasteiger partial charge in [-0.15, -0.1) is 0 Å². The van der Waals surface area contributed by atoms with Gasteiger partial charge in [0.1, 0.15) is 0 Å². The van der Waals surface area contributed by atoms with Gasteiger partial charge in [-0.3, -0.25) is 0 Å². The van der Waals surface area contributed by atoms with Gasteiger partial charge in [0.05, 0.1) is 11.6 Å². The third kappa shape index (κ3) is 2.66. The number of hydrogen-bond donors (Lipinski definition) is 0. The zero-order chi connectivity index (χ0) is 10.5. The maximum atomic E-state index is 8.72. The summed E-state index contributed by atoms with van der Waals surface area (Å²) < 4.78 is 0. The molecule has 0 atom stereocenters. The van der Waals surface area contributed by atoms with Crippen LogP contribution in [0.25, 0.3) is 0 Å². The molecule has 0 saturated carbocycles. The maximum Gasteiger partial charge on any atom is 0.0991 e. The average Bonchev–Trinajstić information content (AvgIpc) is 2.58. The van der Waals surface area contributed by atoms with Crippen molar-refractivity contribution in [2.45, 2.75) is 6.42 Å². The molecule has 78 valence electrons. The fraction of sp³-hybridized carbons (Fsp3) is 0.417. The molecule has 0 aliphatic carbocycles. The van der Waals surface area contributed by atoms with Crippen molar-refractivity contribution in [3.05, 3.63) is 29.8 Å². The molecule has 15 heavy (non-hydrogen) atoms. The van der Waals surface area contributed by atoms with Crippen LogP contribution in [0.2, 0.25) is 0 Å². The summed E-state index contributed by atoms with van der Waals surface area (Å²) >= 11 is 2.03. The quantitative estimate of drug-likeness (QED) is 0.724. The number of rotatable bonds is 1. The molecule has 0 unspecified atom stereocenters. The van der Waals surface area contributed by atoms with Gasteiger partial charge in [-0.2, -0.15) is 17.0 Å². The number of nitrogens with zero attached hydrogens (tertiary/aromatic N) is 2. The van der Waals surface area contributed by atoms with E-state index in [0.29, 0.717) is 0 Å². The number of hydrogen-bond acceptors (Lipinski definition) is 3. The fourth-order valence-corrected chi connectivity index (χ4v) is 2.64. The Labute approximate surface area is 94.9 Å². The molecule has 1 heterocycles. The van der Waals surface area contributed by atoms with Crippen LogP contribution >= 0.6 is 11.8 Å². The molecule has 0 bridgehead atoms. The van der Waals surface area contributed by atoms with Crippen LogP contribution in [-0.2, 0) is 0 Å². The monoisotopic (exact) mass is 218 g/mol.